The number of carbonyl (C=O) groups excluding carboxylic acids is 1. The molecule has 0 radical (unpaired) electrons. The Labute approximate surface area is 151 Å². The normalized spacial score (nSPS) is 24.1. The molecule has 1 aliphatic carbocycles. The zero-order valence-electron chi connectivity index (χ0n) is 14.9. The molecule has 1 heterocycles. The van der Waals surface area contributed by atoms with E-state index in [-0.39, 0.29) is 30.0 Å². The Morgan fingerprint density at radius 3 is 2.62 bits per heavy atom. The molecule has 24 heavy (non-hydrogen) atoms. The van der Waals surface area contributed by atoms with Crippen LogP contribution in [0.15, 0.2) is 5.16 Å². The topological polar surface area (TPSA) is 77.7 Å². The van der Waals surface area contributed by atoms with Crippen LogP contribution in [0, 0.1) is 11.3 Å². The van der Waals surface area contributed by atoms with Crippen LogP contribution in [0.4, 0.5) is 0 Å². The second-order valence-electron chi connectivity index (χ2n) is 7.39. The van der Waals surface area contributed by atoms with Gasteiger partial charge in [-0.2, -0.15) is 5.26 Å². The fraction of sp³-hybridized carbons (Fsp3) is 0.824. The zero-order valence-corrected chi connectivity index (χ0v) is 15.7. The van der Waals surface area contributed by atoms with Crippen molar-refractivity contribution in [2.45, 2.75) is 77.0 Å². The lowest BCUT2D eigenvalue weighted by atomic mass is 9.94. The van der Waals surface area contributed by atoms with Gasteiger partial charge in [0.1, 0.15) is 11.6 Å². The van der Waals surface area contributed by atoms with Gasteiger partial charge in [-0.15, -0.1) is 12.4 Å². The highest BCUT2D eigenvalue weighted by Gasteiger charge is 2.28. The van der Waals surface area contributed by atoms with E-state index >= 15 is 0 Å². The Hall–Kier alpha value is -1.32. The first-order valence-electron chi connectivity index (χ1n) is 8.55. The molecule has 0 aromatic rings. The van der Waals surface area contributed by atoms with Crippen LogP contribution in [0.1, 0.15) is 59.3 Å². The molecule has 1 atom stereocenters. The molecule has 2 fully saturated rings. The van der Waals surface area contributed by atoms with Crippen LogP contribution in [0.2, 0.25) is 0 Å². The van der Waals surface area contributed by atoms with Crippen LogP contribution in [-0.2, 0) is 9.63 Å². The largest absolute Gasteiger partial charge is 0.390 e. The summed E-state index contributed by atoms with van der Waals surface area (Å²) in [7, 11) is 0. The maximum Gasteiger partial charge on any atom is 0.237 e. The first-order chi connectivity index (χ1) is 10.9. The molecular formula is C17H29ClN4O2. The van der Waals surface area contributed by atoms with Crippen LogP contribution in [0.5, 0.6) is 0 Å². The fourth-order valence-corrected chi connectivity index (χ4v) is 2.98. The summed E-state index contributed by atoms with van der Waals surface area (Å²) in [6.07, 6.45) is 5.50. The predicted molar refractivity (Wildman–Crippen MR) is 96.1 cm³/mol. The molecule has 2 rings (SSSR count). The molecular weight excluding hydrogens is 328 g/mol. The number of amides is 1. The Bertz CT molecular complexity index is 486. The highest BCUT2D eigenvalue weighted by molar-refractivity contribution is 5.85. The number of nitrogens with zero attached hydrogens (tertiary/aromatic N) is 3. The summed E-state index contributed by atoms with van der Waals surface area (Å²) < 4.78 is 0. The number of nitriles is 1. The number of rotatable bonds is 4. The van der Waals surface area contributed by atoms with Crippen LogP contribution < -0.4 is 5.32 Å². The quantitative estimate of drug-likeness (QED) is 0.785. The van der Waals surface area contributed by atoms with Gasteiger partial charge in [-0.1, -0.05) is 5.16 Å². The van der Waals surface area contributed by atoms with Crippen molar-refractivity contribution in [3.05, 3.63) is 0 Å². The Morgan fingerprint density at radius 2 is 2.04 bits per heavy atom. The standard InChI is InChI=1S/C17H28N4O2.ClH/c1-17(2,3)23-20-14-8-6-13(7-9-14)19-12-16(22)21-10-4-5-15(21)11-18;/h13,15,19H,4-10,12H2,1-3H3;1H/t13?,15-;/m0./s1. The molecule has 0 spiro atoms. The van der Waals surface area contributed by atoms with Crippen LogP contribution >= 0.6 is 12.4 Å². The molecule has 1 N–H and O–H groups in total. The van der Waals surface area contributed by atoms with Crippen molar-refractivity contribution >= 4 is 24.0 Å². The minimum absolute atomic E-state index is 0. The highest BCUT2D eigenvalue weighted by Crippen LogP contribution is 2.19. The molecule has 1 saturated heterocycles. The van der Waals surface area contributed by atoms with E-state index in [9.17, 15) is 4.79 Å². The zero-order chi connectivity index (χ0) is 16.9. The van der Waals surface area contributed by atoms with Crippen molar-refractivity contribution in [2.75, 3.05) is 13.1 Å². The van der Waals surface area contributed by atoms with E-state index in [1.165, 1.54) is 0 Å². The van der Waals surface area contributed by atoms with Crippen molar-refractivity contribution in [2.24, 2.45) is 5.16 Å². The summed E-state index contributed by atoms with van der Waals surface area (Å²) in [5.74, 6) is 0.0459. The number of nitrogens with one attached hydrogen (secondary N) is 1. The molecule has 0 bridgehead atoms. The van der Waals surface area contributed by atoms with Crippen molar-refractivity contribution in [3.63, 3.8) is 0 Å². The number of carbonyl (C=O) groups is 1. The third-order valence-electron chi connectivity index (χ3n) is 4.28. The predicted octanol–water partition coefficient (Wildman–Crippen LogP) is 2.63. The lowest BCUT2D eigenvalue weighted by molar-refractivity contribution is -0.130. The third-order valence-corrected chi connectivity index (χ3v) is 4.28. The summed E-state index contributed by atoms with van der Waals surface area (Å²) in [5, 5.41) is 16.6. The van der Waals surface area contributed by atoms with Gasteiger partial charge in [0.25, 0.3) is 0 Å². The molecule has 6 nitrogen and oxygen atoms in total. The summed E-state index contributed by atoms with van der Waals surface area (Å²) in [4.78, 5) is 19.4. The molecule has 1 aliphatic heterocycles. The minimum atomic E-state index is -0.248. The molecule has 1 amide bonds. The van der Waals surface area contributed by atoms with Crippen molar-refractivity contribution in [1.29, 1.82) is 5.26 Å². The third kappa shape index (κ3) is 6.29. The number of hydrogen-bond acceptors (Lipinski definition) is 5. The van der Waals surface area contributed by atoms with Gasteiger partial charge in [-0.25, -0.2) is 0 Å². The van der Waals surface area contributed by atoms with E-state index in [0.29, 0.717) is 19.1 Å². The van der Waals surface area contributed by atoms with E-state index in [1.807, 2.05) is 20.8 Å². The minimum Gasteiger partial charge on any atom is -0.390 e. The average molecular weight is 357 g/mol. The molecule has 136 valence electrons. The number of oxime groups is 1. The van der Waals surface area contributed by atoms with Crippen LogP contribution in [0.3, 0.4) is 0 Å². The maximum absolute atomic E-state index is 12.2. The molecule has 0 unspecified atom stereocenters. The smallest absolute Gasteiger partial charge is 0.237 e. The first kappa shape index (κ1) is 20.7. The second-order valence-corrected chi connectivity index (χ2v) is 7.39. The molecule has 0 aromatic carbocycles. The van der Waals surface area contributed by atoms with Crippen molar-refractivity contribution in [1.82, 2.24) is 10.2 Å². The van der Waals surface area contributed by atoms with Gasteiger partial charge < -0.3 is 15.1 Å². The Morgan fingerprint density at radius 1 is 1.38 bits per heavy atom. The van der Waals surface area contributed by atoms with Gasteiger partial charge in [0.15, 0.2) is 0 Å². The van der Waals surface area contributed by atoms with Gasteiger partial charge in [0, 0.05) is 12.6 Å². The molecule has 0 aromatic heterocycles. The Kier molecular flexibility index (Phi) is 7.98. The monoisotopic (exact) mass is 356 g/mol. The fourth-order valence-electron chi connectivity index (χ4n) is 2.98. The number of halogens is 1. The number of likely N-dealkylation sites (tertiary alicyclic amines) is 1. The summed E-state index contributed by atoms with van der Waals surface area (Å²) in [6, 6.07) is 2.32. The van der Waals surface area contributed by atoms with Gasteiger partial charge >= 0.3 is 0 Å². The highest BCUT2D eigenvalue weighted by atomic mass is 35.5. The second kappa shape index (κ2) is 9.24. The van der Waals surface area contributed by atoms with Crippen LogP contribution in [0.25, 0.3) is 0 Å². The summed E-state index contributed by atoms with van der Waals surface area (Å²) >= 11 is 0. The van der Waals surface area contributed by atoms with Crippen molar-refractivity contribution in [3.8, 4) is 6.07 Å². The van der Waals surface area contributed by atoms with Gasteiger partial charge in [-0.3, -0.25) is 4.79 Å². The van der Waals surface area contributed by atoms with E-state index in [0.717, 1.165) is 44.2 Å². The summed E-state index contributed by atoms with van der Waals surface area (Å²) in [6.45, 7) is 7.01. The lowest BCUT2D eigenvalue weighted by Crippen LogP contribution is -2.44. The lowest BCUT2D eigenvalue weighted by Gasteiger charge is -2.26. The number of hydrogen-bond donors (Lipinski definition) is 1. The summed E-state index contributed by atoms with van der Waals surface area (Å²) in [5.41, 5.74) is 0.857. The van der Waals surface area contributed by atoms with E-state index < -0.39 is 0 Å². The van der Waals surface area contributed by atoms with E-state index in [2.05, 4.69) is 16.5 Å². The maximum atomic E-state index is 12.2. The van der Waals surface area contributed by atoms with Gasteiger partial charge in [0.05, 0.1) is 18.3 Å². The SMILES string of the molecule is CC(C)(C)ON=C1CCC(NCC(=O)N2CCC[C@H]2C#N)CC1.Cl. The molecule has 7 heteroatoms. The Balaban J connectivity index is 0.00000288. The van der Waals surface area contributed by atoms with E-state index in [1.54, 1.807) is 4.90 Å². The molecule has 2 aliphatic rings. The van der Waals surface area contributed by atoms with Gasteiger partial charge in [0.2, 0.25) is 5.91 Å². The van der Waals surface area contributed by atoms with Gasteiger partial charge in [-0.05, 0) is 59.3 Å². The first-order valence-corrected chi connectivity index (χ1v) is 8.55. The molecule has 1 saturated carbocycles. The average Bonchev–Trinajstić information content (AvgIpc) is 2.99. The van der Waals surface area contributed by atoms with Crippen LogP contribution in [-0.4, -0.2) is 47.3 Å². The van der Waals surface area contributed by atoms with E-state index in [4.69, 9.17) is 10.1 Å². The van der Waals surface area contributed by atoms with Crippen molar-refractivity contribution < 1.29 is 9.63 Å².